The summed E-state index contributed by atoms with van der Waals surface area (Å²) in [6, 6.07) is 3.57. The highest BCUT2D eigenvalue weighted by Crippen LogP contribution is 2.30. The molecule has 1 atom stereocenters. The van der Waals surface area contributed by atoms with E-state index in [1.165, 1.54) is 7.11 Å². The number of hydrogen-bond acceptors (Lipinski definition) is 5. The van der Waals surface area contributed by atoms with Crippen LogP contribution < -0.4 is 5.32 Å². The number of esters is 1. The summed E-state index contributed by atoms with van der Waals surface area (Å²) in [5, 5.41) is 4.02. The molecule has 0 aromatic heterocycles. The number of amides is 1. The van der Waals surface area contributed by atoms with Gasteiger partial charge in [-0.2, -0.15) is 0 Å². The van der Waals surface area contributed by atoms with E-state index in [0.717, 1.165) is 24.1 Å². The number of hydrogen-bond donors (Lipinski definition) is 1. The van der Waals surface area contributed by atoms with Crippen LogP contribution in [0.4, 0.5) is 10.5 Å². The summed E-state index contributed by atoms with van der Waals surface area (Å²) >= 11 is 6.29. The van der Waals surface area contributed by atoms with E-state index >= 15 is 0 Å². The number of benzene rings is 1. The van der Waals surface area contributed by atoms with Gasteiger partial charge in [0.05, 0.1) is 12.7 Å². The maximum Gasteiger partial charge on any atom is 0.410 e. The van der Waals surface area contributed by atoms with Crippen molar-refractivity contribution < 1.29 is 19.1 Å². The van der Waals surface area contributed by atoms with Crippen LogP contribution >= 0.6 is 11.6 Å². The van der Waals surface area contributed by atoms with Crippen LogP contribution in [0.1, 0.15) is 56.5 Å². The zero-order valence-corrected chi connectivity index (χ0v) is 18.4. The lowest BCUT2D eigenvalue weighted by Crippen LogP contribution is -2.44. The fraction of sp³-hybridized carbons (Fsp3) is 0.619. The maximum atomic E-state index is 12.2. The smallest absolute Gasteiger partial charge is 0.410 e. The number of methoxy groups -OCH3 is 1. The minimum atomic E-state index is -0.482. The van der Waals surface area contributed by atoms with Crippen LogP contribution in [0, 0.1) is 12.8 Å². The molecule has 1 unspecified atom stereocenters. The van der Waals surface area contributed by atoms with Crippen LogP contribution in [-0.2, 0) is 9.47 Å². The van der Waals surface area contributed by atoms with Crippen LogP contribution in [-0.4, -0.2) is 48.8 Å². The molecule has 0 saturated carbocycles. The van der Waals surface area contributed by atoms with Gasteiger partial charge in [0.15, 0.2) is 0 Å². The molecule has 6 nitrogen and oxygen atoms in total. The first-order valence-electron chi connectivity index (χ1n) is 9.64. The molecule has 1 saturated heterocycles. The third kappa shape index (κ3) is 5.77. The van der Waals surface area contributed by atoms with E-state index < -0.39 is 11.6 Å². The van der Waals surface area contributed by atoms with Gasteiger partial charge < -0.3 is 19.7 Å². The third-order valence-electron chi connectivity index (χ3n) is 5.05. The normalized spacial score (nSPS) is 16.5. The van der Waals surface area contributed by atoms with Gasteiger partial charge in [0, 0.05) is 29.8 Å². The zero-order chi connectivity index (χ0) is 21.1. The minimum absolute atomic E-state index is 0.170. The number of likely N-dealkylation sites (tertiary alicyclic amines) is 1. The summed E-state index contributed by atoms with van der Waals surface area (Å²) in [7, 11) is 1.35. The van der Waals surface area contributed by atoms with Gasteiger partial charge >= 0.3 is 12.1 Å². The minimum Gasteiger partial charge on any atom is -0.465 e. The molecule has 28 heavy (non-hydrogen) atoms. The predicted octanol–water partition coefficient (Wildman–Crippen LogP) is 4.88. The summed E-state index contributed by atoms with van der Waals surface area (Å²) in [5.41, 5.74) is 1.67. The number of rotatable bonds is 4. The molecule has 0 radical (unpaired) electrons. The highest BCUT2D eigenvalue weighted by atomic mass is 35.5. The fourth-order valence-electron chi connectivity index (χ4n) is 3.34. The lowest BCUT2D eigenvalue weighted by molar-refractivity contribution is 0.0179. The fourth-order valence-corrected chi connectivity index (χ4v) is 3.56. The van der Waals surface area contributed by atoms with Gasteiger partial charge in [-0.1, -0.05) is 11.6 Å². The molecule has 1 fully saturated rings. The number of carbonyl (C=O) groups excluding carboxylic acids is 2. The molecule has 1 aliphatic rings. The third-order valence-corrected chi connectivity index (χ3v) is 5.44. The average molecular weight is 411 g/mol. The van der Waals surface area contributed by atoms with Crippen molar-refractivity contribution in [3.63, 3.8) is 0 Å². The summed E-state index contributed by atoms with van der Waals surface area (Å²) in [5.74, 6) is -0.0121. The van der Waals surface area contributed by atoms with Gasteiger partial charge in [0.25, 0.3) is 0 Å². The van der Waals surface area contributed by atoms with Crippen molar-refractivity contribution in [3.8, 4) is 0 Å². The largest absolute Gasteiger partial charge is 0.465 e. The van der Waals surface area contributed by atoms with Gasteiger partial charge in [-0.3, -0.25) is 0 Å². The Kier molecular flexibility index (Phi) is 7.21. The Morgan fingerprint density at radius 2 is 1.86 bits per heavy atom. The molecule has 156 valence electrons. The highest BCUT2D eigenvalue weighted by molar-refractivity contribution is 6.32. The van der Waals surface area contributed by atoms with Crippen molar-refractivity contribution in [2.45, 2.75) is 59.1 Å². The van der Waals surface area contributed by atoms with Gasteiger partial charge in [0.2, 0.25) is 0 Å². The molecule has 7 heteroatoms. The van der Waals surface area contributed by atoms with Crippen molar-refractivity contribution in [3.05, 3.63) is 28.3 Å². The summed E-state index contributed by atoms with van der Waals surface area (Å²) < 4.78 is 10.3. The maximum absolute atomic E-state index is 12.2. The first-order chi connectivity index (χ1) is 13.0. The van der Waals surface area contributed by atoms with Crippen molar-refractivity contribution in [2.75, 3.05) is 25.5 Å². The zero-order valence-electron chi connectivity index (χ0n) is 17.6. The Bertz CT molecular complexity index is 722. The number of ether oxygens (including phenoxy) is 2. The number of carbonyl (C=O) groups is 2. The van der Waals surface area contributed by atoms with Crippen LogP contribution in [0.5, 0.6) is 0 Å². The van der Waals surface area contributed by atoms with Gasteiger partial charge in [-0.05, 0) is 71.1 Å². The molecule has 1 N–H and O–H groups in total. The standard InChI is InChI=1S/C21H31ClN2O4/c1-13-17(22)11-16(19(25)27-6)12-18(13)23-14(2)15-7-9-24(10-8-15)20(26)28-21(3,4)5/h11-12,14-15,23H,7-10H2,1-6H3. The molecule has 2 rings (SSSR count). The monoisotopic (exact) mass is 410 g/mol. The molecule has 1 aromatic rings. The van der Waals surface area contributed by atoms with Crippen LogP contribution in [0.3, 0.4) is 0 Å². The molecule has 0 bridgehead atoms. The number of nitrogens with zero attached hydrogens (tertiary/aromatic N) is 1. The van der Waals surface area contributed by atoms with Crippen molar-refractivity contribution in [1.82, 2.24) is 4.90 Å². The molecule has 1 aromatic carbocycles. The van der Waals surface area contributed by atoms with E-state index in [0.29, 0.717) is 29.6 Å². The van der Waals surface area contributed by atoms with Gasteiger partial charge in [-0.25, -0.2) is 9.59 Å². The van der Waals surface area contributed by atoms with E-state index in [1.54, 1.807) is 17.0 Å². The van der Waals surface area contributed by atoms with Gasteiger partial charge in [-0.15, -0.1) is 0 Å². The lowest BCUT2D eigenvalue weighted by atomic mass is 9.90. The predicted molar refractivity (Wildman–Crippen MR) is 111 cm³/mol. The summed E-state index contributed by atoms with van der Waals surface area (Å²) in [4.78, 5) is 25.9. The Balaban J connectivity index is 1.99. The summed E-state index contributed by atoms with van der Waals surface area (Å²) in [6.07, 6.45) is 1.52. The van der Waals surface area contributed by atoms with E-state index in [1.807, 2.05) is 27.7 Å². The number of piperidine rings is 1. The highest BCUT2D eigenvalue weighted by Gasteiger charge is 2.29. The van der Waals surface area contributed by atoms with E-state index in [-0.39, 0.29) is 12.1 Å². The van der Waals surface area contributed by atoms with Crippen LogP contribution in [0.15, 0.2) is 12.1 Å². The Morgan fingerprint density at radius 1 is 1.25 bits per heavy atom. The molecular weight excluding hydrogens is 380 g/mol. The van der Waals surface area contributed by atoms with E-state index in [4.69, 9.17) is 21.1 Å². The van der Waals surface area contributed by atoms with Crippen LogP contribution in [0.25, 0.3) is 0 Å². The number of nitrogens with one attached hydrogen (secondary N) is 1. The molecule has 0 aliphatic carbocycles. The Hall–Kier alpha value is -1.95. The molecular formula is C21H31ClN2O4. The second-order valence-electron chi connectivity index (χ2n) is 8.36. The average Bonchev–Trinajstić information content (AvgIpc) is 2.63. The molecule has 1 heterocycles. The van der Waals surface area contributed by atoms with Crippen LogP contribution in [0.2, 0.25) is 5.02 Å². The summed E-state index contributed by atoms with van der Waals surface area (Å²) in [6.45, 7) is 11.0. The lowest BCUT2D eigenvalue weighted by Gasteiger charge is -2.36. The van der Waals surface area contributed by atoms with Crippen molar-refractivity contribution in [2.24, 2.45) is 5.92 Å². The first-order valence-corrected chi connectivity index (χ1v) is 10.0. The van der Waals surface area contributed by atoms with Gasteiger partial charge in [0.1, 0.15) is 5.60 Å². The SMILES string of the molecule is COC(=O)c1cc(Cl)c(C)c(NC(C)C2CCN(C(=O)OC(C)(C)C)CC2)c1. The second-order valence-corrected chi connectivity index (χ2v) is 8.77. The Morgan fingerprint density at radius 3 is 2.39 bits per heavy atom. The quantitative estimate of drug-likeness (QED) is 0.716. The van der Waals surface area contributed by atoms with E-state index in [2.05, 4.69) is 12.2 Å². The first kappa shape index (κ1) is 22.3. The second kappa shape index (κ2) is 9.03. The van der Waals surface area contributed by atoms with Crippen molar-refractivity contribution in [1.29, 1.82) is 0 Å². The van der Waals surface area contributed by atoms with E-state index in [9.17, 15) is 9.59 Å². The Labute approximate surface area is 172 Å². The number of halogens is 1. The topological polar surface area (TPSA) is 67.9 Å². The van der Waals surface area contributed by atoms with Crippen molar-refractivity contribution >= 4 is 29.4 Å². The molecule has 1 amide bonds. The number of anilines is 1. The molecule has 1 aliphatic heterocycles. The molecule has 0 spiro atoms.